The molecule has 0 unspecified atom stereocenters. The van der Waals surface area contributed by atoms with Gasteiger partial charge in [0.15, 0.2) is 5.96 Å². The first kappa shape index (κ1) is 20.2. The molecule has 0 bridgehead atoms. The molecule has 0 saturated heterocycles. The summed E-state index contributed by atoms with van der Waals surface area (Å²) < 4.78 is 5.64. The summed E-state index contributed by atoms with van der Waals surface area (Å²) in [7, 11) is 0. The second kappa shape index (κ2) is 11.7. The smallest absolute Gasteiger partial charge is 0.191 e. The Balaban J connectivity index is 0.00000264. The van der Waals surface area contributed by atoms with Gasteiger partial charge in [-0.25, -0.2) is 4.99 Å². The molecule has 0 radical (unpaired) electrons. The molecule has 0 atom stereocenters. The first-order chi connectivity index (χ1) is 10.8. The Bertz CT molecular complexity index is 458. The Morgan fingerprint density at radius 2 is 1.96 bits per heavy atom. The van der Waals surface area contributed by atoms with Crippen LogP contribution in [0.1, 0.15) is 37.3 Å². The monoisotopic (exact) mass is 431 g/mol. The largest absolute Gasteiger partial charge is 0.381 e. The summed E-state index contributed by atoms with van der Waals surface area (Å²) >= 11 is 0. The fourth-order valence-corrected chi connectivity index (χ4v) is 2.12. The van der Waals surface area contributed by atoms with E-state index in [0.29, 0.717) is 6.54 Å². The van der Waals surface area contributed by atoms with Gasteiger partial charge in [-0.2, -0.15) is 0 Å². The molecule has 0 heterocycles. The molecule has 1 aromatic rings. The van der Waals surface area contributed by atoms with E-state index in [1.165, 1.54) is 24.0 Å². The number of hydrogen-bond donors (Lipinski definition) is 2. The van der Waals surface area contributed by atoms with Crippen LogP contribution in [0.25, 0.3) is 0 Å². The lowest BCUT2D eigenvalue weighted by Gasteiger charge is -2.11. The molecule has 0 spiro atoms. The van der Waals surface area contributed by atoms with Crippen molar-refractivity contribution in [3.63, 3.8) is 0 Å². The normalized spacial score (nSPS) is 14.3. The van der Waals surface area contributed by atoms with E-state index in [0.717, 1.165) is 44.6 Å². The van der Waals surface area contributed by atoms with Crippen LogP contribution in [0, 0.1) is 12.8 Å². The minimum atomic E-state index is 0. The summed E-state index contributed by atoms with van der Waals surface area (Å²) in [6.07, 6.45) is 3.73. The highest BCUT2D eigenvalue weighted by Crippen LogP contribution is 2.28. The van der Waals surface area contributed by atoms with Crippen LogP contribution in [0.15, 0.2) is 29.3 Å². The molecule has 1 fully saturated rings. The van der Waals surface area contributed by atoms with Gasteiger partial charge in [-0.05, 0) is 44.6 Å². The standard InChI is InChI=1S/C18H29N3O.HI/c1-3-19-18(20-11-4-12-22-14-17-9-10-17)21-13-16-7-5-15(2)6-8-16;/h5-8,17H,3-4,9-14H2,1-2H3,(H2,19,20,21);1H. The van der Waals surface area contributed by atoms with Gasteiger partial charge in [0.25, 0.3) is 0 Å². The van der Waals surface area contributed by atoms with Crippen LogP contribution in [-0.2, 0) is 11.3 Å². The van der Waals surface area contributed by atoms with E-state index < -0.39 is 0 Å². The number of aliphatic imine (C=N–C) groups is 1. The highest BCUT2D eigenvalue weighted by molar-refractivity contribution is 14.0. The zero-order valence-corrected chi connectivity index (χ0v) is 16.6. The van der Waals surface area contributed by atoms with E-state index in [1.54, 1.807) is 0 Å². The number of nitrogens with zero attached hydrogens (tertiary/aromatic N) is 1. The van der Waals surface area contributed by atoms with E-state index in [1.807, 2.05) is 0 Å². The number of hydrogen-bond acceptors (Lipinski definition) is 2. The Morgan fingerprint density at radius 3 is 2.61 bits per heavy atom. The minimum Gasteiger partial charge on any atom is -0.381 e. The van der Waals surface area contributed by atoms with Crippen molar-refractivity contribution in [3.05, 3.63) is 35.4 Å². The molecule has 1 aliphatic rings. The molecule has 130 valence electrons. The maximum Gasteiger partial charge on any atom is 0.191 e. The number of ether oxygens (including phenoxy) is 1. The van der Waals surface area contributed by atoms with Crippen LogP contribution in [0.2, 0.25) is 0 Å². The molecule has 0 aliphatic heterocycles. The number of aryl methyl sites for hydroxylation is 1. The highest BCUT2D eigenvalue weighted by atomic mass is 127. The summed E-state index contributed by atoms with van der Waals surface area (Å²) in [5.41, 5.74) is 2.51. The summed E-state index contributed by atoms with van der Waals surface area (Å²) in [5.74, 6) is 1.73. The molecular weight excluding hydrogens is 401 g/mol. The number of guanidine groups is 1. The fourth-order valence-electron chi connectivity index (χ4n) is 2.12. The highest BCUT2D eigenvalue weighted by Gasteiger charge is 2.20. The van der Waals surface area contributed by atoms with Gasteiger partial charge in [-0.1, -0.05) is 29.8 Å². The summed E-state index contributed by atoms with van der Waals surface area (Å²) in [6.45, 7) is 8.43. The van der Waals surface area contributed by atoms with Crippen molar-refractivity contribution >= 4 is 29.9 Å². The lowest BCUT2D eigenvalue weighted by atomic mass is 10.1. The summed E-state index contributed by atoms with van der Waals surface area (Å²) in [5, 5.41) is 6.65. The molecule has 2 rings (SSSR count). The van der Waals surface area contributed by atoms with E-state index in [-0.39, 0.29) is 24.0 Å². The van der Waals surface area contributed by atoms with E-state index in [9.17, 15) is 0 Å². The zero-order valence-electron chi connectivity index (χ0n) is 14.3. The summed E-state index contributed by atoms with van der Waals surface area (Å²) in [4.78, 5) is 4.62. The predicted molar refractivity (Wildman–Crippen MR) is 108 cm³/mol. The van der Waals surface area contributed by atoms with Crippen molar-refractivity contribution in [2.24, 2.45) is 10.9 Å². The van der Waals surface area contributed by atoms with E-state index in [4.69, 9.17) is 4.74 Å². The first-order valence-electron chi connectivity index (χ1n) is 8.43. The number of rotatable bonds is 9. The van der Waals surface area contributed by atoms with Crippen molar-refractivity contribution in [2.45, 2.75) is 39.7 Å². The Morgan fingerprint density at radius 1 is 1.22 bits per heavy atom. The maximum atomic E-state index is 5.64. The lowest BCUT2D eigenvalue weighted by molar-refractivity contribution is 0.123. The Hall–Kier alpha value is -0.820. The molecule has 23 heavy (non-hydrogen) atoms. The third kappa shape index (κ3) is 9.15. The SMILES string of the molecule is CCNC(=NCc1ccc(C)cc1)NCCCOCC1CC1.I. The van der Waals surface area contributed by atoms with Crippen molar-refractivity contribution in [1.29, 1.82) is 0 Å². The molecule has 0 amide bonds. The lowest BCUT2D eigenvalue weighted by Crippen LogP contribution is -2.38. The van der Waals surface area contributed by atoms with Gasteiger partial charge in [0.05, 0.1) is 6.54 Å². The molecule has 5 heteroatoms. The van der Waals surface area contributed by atoms with Crippen LogP contribution < -0.4 is 10.6 Å². The van der Waals surface area contributed by atoms with Crippen molar-refractivity contribution < 1.29 is 4.74 Å². The van der Waals surface area contributed by atoms with E-state index >= 15 is 0 Å². The predicted octanol–water partition coefficient (Wildman–Crippen LogP) is 3.48. The Kier molecular flexibility index (Phi) is 10.3. The Labute approximate surface area is 157 Å². The van der Waals surface area contributed by atoms with Crippen molar-refractivity contribution in [2.75, 3.05) is 26.3 Å². The van der Waals surface area contributed by atoms with Crippen LogP contribution in [0.4, 0.5) is 0 Å². The molecule has 1 saturated carbocycles. The van der Waals surface area contributed by atoms with Gasteiger partial charge < -0.3 is 15.4 Å². The fraction of sp³-hybridized carbons (Fsp3) is 0.611. The second-order valence-corrected chi connectivity index (χ2v) is 5.98. The van der Waals surface area contributed by atoms with Gasteiger partial charge >= 0.3 is 0 Å². The number of benzene rings is 1. The van der Waals surface area contributed by atoms with Gasteiger partial charge in [0.1, 0.15) is 0 Å². The maximum absolute atomic E-state index is 5.64. The quantitative estimate of drug-likeness (QED) is 0.272. The zero-order chi connectivity index (χ0) is 15.6. The van der Waals surface area contributed by atoms with Crippen LogP contribution in [-0.4, -0.2) is 32.3 Å². The van der Waals surface area contributed by atoms with Crippen molar-refractivity contribution in [1.82, 2.24) is 10.6 Å². The third-order valence-corrected chi connectivity index (χ3v) is 3.69. The molecule has 4 nitrogen and oxygen atoms in total. The number of halogens is 1. The first-order valence-corrected chi connectivity index (χ1v) is 8.43. The van der Waals surface area contributed by atoms with E-state index in [2.05, 4.69) is 53.7 Å². The van der Waals surface area contributed by atoms with Gasteiger partial charge in [0.2, 0.25) is 0 Å². The molecular formula is C18H30IN3O. The second-order valence-electron chi connectivity index (χ2n) is 5.98. The van der Waals surface area contributed by atoms with Crippen LogP contribution in [0.5, 0.6) is 0 Å². The minimum absolute atomic E-state index is 0. The molecule has 0 aromatic heterocycles. The molecule has 2 N–H and O–H groups in total. The van der Waals surface area contributed by atoms with Gasteiger partial charge in [-0.15, -0.1) is 24.0 Å². The molecule has 1 aromatic carbocycles. The molecule has 1 aliphatic carbocycles. The van der Waals surface area contributed by atoms with Crippen molar-refractivity contribution in [3.8, 4) is 0 Å². The van der Waals surface area contributed by atoms with Crippen LogP contribution in [0.3, 0.4) is 0 Å². The topological polar surface area (TPSA) is 45.7 Å². The average Bonchev–Trinajstić information content (AvgIpc) is 3.34. The number of nitrogens with one attached hydrogen (secondary N) is 2. The third-order valence-electron chi connectivity index (χ3n) is 3.69. The van der Waals surface area contributed by atoms with Gasteiger partial charge in [0, 0.05) is 26.3 Å². The summed E-state index contributed by atoms with van der Waals surface area (Å²) in [6, 6.07) is 8.52. The van der Waals surface area contributed by atoms with Gasteiger partial charge in [-0.3, -0.25) is 0 Å². The average molecular weight is 431 g/mol. The van der Waals surface area contributed by atoms with Crippen LogP contribution >= 0.6 is 24.0 Å².